The van der Waals surface area contributed by atoms with Crippen LogP contribution in [0.2, 0.25) is 0 Å². The number of hydrogen-bond acceptors (Lipinski definition) is 3. The van der Waals surface area contributed by atoms with E-state index < -0.39 is 0 Å². The van der Waals surface area contributed by atoms with Gasteiger partial charge in [0.15, 0.2) is 0 Å². The first-order chi connectivity index (χ1) is 8.12. The number of carbonyl (C=O) groups excluding carboxylic acids is 1. The van der Waals surface area contributed by atoms with Crippen LogP contribution >= 0.6 is 12.4 Å². The third-order valence-electron chi connectivity index (χ3n) is 4.10. The summed E-state index contributed by atoms with van der Waals surface area (Å²) in [6.07, 6.45) is 4.45. The number of nitrogens with zero attached hydrogens (tertiary/aromatic N) is 2. The van der Waals surface area contributed by atoms with Crippen molar-refractivity contribution < 1.29 is 4.79 Å². The van der Waals surface area contributed by atoms with Gasteiger partial charge in [-0.3, -0.25) is 4.79 Å². The zero-order valence-corrected chi connectivity index (χ0v) is 12.4. The summed E-state index contributed by atoms with van der Waals surface area (Å²) in [5.74, 6) is 0.313. The molecule has 2 saturated heterocycles. The van der Waals surface area contributed by atoms with Crippen molar-refractivity contribution in [2.75, 3.05) is 39.8 Å². The molecular formula is C13H26ClN3O. The fourth-order valence-corrected chi connectivity index (χ4v) is 2.84. The Morgan fingerprint density at radius 2 is 1.89 bits per heavy atom. The first-order valence-electron chi connectivity index (χ1n) is 6.85. The van der Waals surface area contributed by atoms with E-state index in [2.05, 4.69) is 29.1 Å². The number of carbonyl (C=O) groups is 1. The van der Waals surface area contributed by atoms with E-state index in [1.54, 1.807) is 0 Å². The average molecular weight is 276 g/mol. The van der Waals surface area contributed by atoms with Crippen molar-refractivity contribution in [1.82, 2.24) is 15.1 Å². The maximum absolute atomic E-state index is 12.6. The van der Waals surface area contributed by atoms with Crippen LogP contribution in [0.4, 0.5) is 0 Å². The number of likely N-dealkylation sites (N-methyl/N-ethyl adjacent to an activating group) is 1. The highest BCUT2D eigenvalue weighted by Crippen LogP contribution is 2.21. The van der Waals surface area contributed by atoms with Gasteiger partial charge in [-0.25, -0.2) is 0 Å². The second-order valence-electron chi connectivity index (χ2n) is 5.67. The summed E-state index contributed by atoms with van der Waals surface area (Å²) < 4.78 is 0. The van der Waals surface area contributed by atoms with Gasteiger partial charge in [0.25, 0.3) is 0 Å². The van der Waals surface area contributed by atoms with Crippen molar-refractivity contribution >= 4 is 18.3 Å². The molecule has 2 rings (SSSR count). The van der Waals surface area contributed by atoms with Gasteiger partial charge in [0, 0.05) is 19.6 Å². The second kappa shape index (κ2) is 6.73. The fraction of sp³-hybridized carbons (Fsp3) is 0.923. The Labute approximate surface area is 116 Å². The lowest BCUT2D eigenvalue weighted by atomic mass is 9.89. The Balaban J connectivity index is 0.00000162. The van der Waals surface area contributed by atoms with Gasteiger partial charge in [0.2, 0.25) is 5.91 Å². The standard InChI is InChI=1S/C13H25N3O.ClH/c1-13(6-3-4-7-14-13)12(17)16-9-5-8-15(2)10-11-16;/h14H,3-11H2,1-2H3;1H. The zero-order valence-electron chi connectivity index (χ0n) is 11.6. The van der Waals surface area contributed by atoms with E-state index in [-0.39, 0.29) is 17.9 Å². The number of halogens is 1. The smallest absolute Gasteiger partial charge is 0.242 e. The molecule has 0 aromatic rings. The van der Waals surface area contributed by atoms with E-state index in [9.17, 15) is 4.79 Å². The molecule has 106 valence electrons. The Morgan fingerprint density at radius 1 is 1.11 bits per heavy atom. The molecule has 2 heterocycles. The van der Waals surface area contributed by atoms with Gasteiger partial charge in [-0.05, 0) is 52.7 Å². The molecule has 18 heavy (non-hydrogen) atoms. The average Bonchev–Trinajstić information content (AvgIpc) is 2.54. The molecule has 0 spiro atoms. The molecule has 0 saturated carbocycles. The molecule has 1 N–H and O–H groups in total. The van der Waals surface area contributed by atoms with Gasteiger partial charge < -0.3 is 15.1 Å². The molecule has 2 aliphatic heterocycles. The van der Waals surface area contributed by atoms with Gasteiger partial charge in [0.1, 0.15) is 0 Å². The molecule has 2 aliphatic rings. The molecule has 1 unspecified atom stereocenters. The molecular weight excluding hydrogens is 250 g/mol. The Bertz CT molecular complexity index is 279. The predicted molar refractivity (Wildman–Crippen MR) is 76.2 cm³/mol. The van der Waals surface area contributed by atoms with Crippen molar-refractivity contribution in [2.45, 2.75) is 38.1 Å². The third kappa shape index (κ3) is 3.59. The molecule has 4 nitrogen and oxygen atoms in total. The quantitative estimate of drug-likeness (QED) is 0.779. The zero-order chi connectivity index (χ0) is 12.3. The summed E-state index contributed by atoms with van der Waals surface area (Å²) in [7, 11) is 2.13. The minimum Gasteiger partial charge on any atom is -0.340 e. The van der Waals surface area contributed by atoms with Gasteiger partial charge in [-0.1, -0.05) is 0 Å². The third-order valence-corrected chi connectivity index (χ3v) is 4.10. The summed E-state index contributed by atoms with van der Waals surface area (Å²) in [6, 6.07) is 0. The Hall–Kier alpha value is -0.320. The van der Waals surface area contributed by atoms with Crippen LogP contribution in [0.25, 0.3) is 0 Å². The molecule has 0 aliphatic carbocycles. The highest BCUT2D eigenvalue weighted by Gasteiger charge is 2.37. The van der Waals surface area contributed by atoms with Crippen LogP contribution in [0.5, 0.6) is 0 Å². The van der Waals surface area contributed by atoms with Crippen LogP contribution in [0, 0.1) is 0 Å². The van der Waals surface area contributed by atoms with Gasteiger partial charge >= 0.3 is 0 Å². The summed E-state index contributed by atoms with van der Waals surface area (Å²) in [5.41, 5.74) is -0.304. The minimum absolute atomic E-state index is 0. The van der Waals surface area contributed by atoms with E-state index in [1.807, 2.05) is 0 Å². The lowest BCUT2D eigenvalue weighted by Crippen LogP contribution is -2.58. The highest BCUT2D eigenvalue weighted by atomic mass is 35.5. The van der Waals surface area contributed by atoms with Gasteiger partial charge in [-0.2, -0.15) is 0 Å². The van der Waals surface area contributed by atoms with Crippen molar-refractivity contribution in [3.63, 3.8) is 0 Å². The second-order valence-corrected chi connectivity index (χ2v) is 5.67. The number of nitrogens with one attached hydrogen (secondary N) is 1. The van der Waals surface area contributed by atoms with Gasteiger partial charge in [0.05, 0.1) is 5.54 Å². The molecule has 5 heteroatoms. The lowest BCUT2D eigenvalue weighted by molar-refractivity contribution is -0.138. The molecule has 0 radical (unpaired) electrons. The number of rotatable bonds is 1. The SMILES string of the molecule is CN1CCCN(C(=O)C2(C)CCCCN2)CC1.Cl. The number of amides is 1. The molecule has 0 aromatic heterocycles. The van der Waals surface area contributed by atoms with Crippen LogP contribution in [-0.2, 0) is 4.79 Å². The first-order valence-corrected chi connectivity index (χ1v) is 6.85. The van der Waals surface area contributed by atoms with Gasteiger partial charge in [-0.15, -0.1) is 12.4 Å². The maximum atomic E-state index is 12.6. The van der Waals surface area contributed by atoms with E-state index in [1.165, 1.54) is 12.8 Å². The highest BCUT2D eigenvalue weighted by molar-refractivity contribution is 5.86. The fourth-order valence-electron chi connectivity index (χ4n) is 2.84. The maximum Gasteiger partial charge on any atom is 0.242 e. The van der Waals surface area contributed by atoms with E-state index >= 15 is 0 Å². The topological polar surface area (TPSA) is 35.6 Å². The van der Waals surface area contributed by atoms with Crippen LogP contribution in [-0.4, -0.2) is 61.0 Å². The van der Waals surface area contributed by atoms with Crippen LogP contribution in [0.1, 0.15) is 32.6 Å². The summed E-state index contributed by atoms with van der Waals surface area (Å²) in [4.78, 5) is 16.9. The van der Waals surface area contributed by atoms with Crippen LogP contribution in [0.3, 0.4) is 0 Å². The predicted octanol–water partition coefficient (Wildman–Crippen LogP) is 1.10. The van der Waals surface area contributed by atoms with Crippen molar-refractivity contribution in [3.8, 4) is 0 Å². The Kier molecular flexibility index (Phi) is 5.89. The molecule has 0 bridgehead atoms. The van der Waals surface area contributed by atoms with E-state index in [4.69, 9.17) is 0 Å². The number of hydrogen-bond donors (Lipinski definition) is 1. The molecule has 1 atom stereocenters. The molecule has 0 aromatic carbocycles. The van der Waals surface area contributed by atoms with E-state index in [0.717, 1.165) is 45.6 Å². The minimum atomic E-state index is -0.304. The van der Waals surface area contributed by atoms with Crippen molar-refractivity contribution in [3.05, 3.63) is 0 Å². The summed E-state index contributed by atoms with van der Waals surface area (Å²) >= 11 is 0. The largest absolute Gasteiger partial charge is 0.340 e. The summed E-state index contributed by atoms with van der Waals surface area (Å²) in [5, 5.41) is 3.42. The molecule has 1 amide bonds. The van der Waals surface area contributed by atoms with Crippen LogP contribution < -0.4 is 5.32 Å². The normalized spacial score (nSPS) is 30.4. The van der Waals surface area contributed by atoms with E-state index in [0.29, 0.717) is 5.91 Å². The number of piperidine rings is 1. The van der Waals surface area contributed by atoms with Crippen LogP contribution in [0.15, 0.2) is 0 Å². The Morgan fingerprint density at radius 3 is 2.56 bits per heavy atom. The summed E-state index contributed by atoms with van der Waals surface area (Å²) in [6.45, 7) is 6.96. The monoisotopic (exact) mass is 275 g/mol. The molecule has 2 fully saturated rings. The van der Waals surface area contributed by atoms with Crippen molar-refractivity contribution in [1.29, 1.82) is 0 Å². The first kappa shape index (κ1) is 15.7. The van der Waals surface area contributed by atoms with Crippen molar-refractivity contribution in [2.24, 2.45) is 0 Å². The lowest BCUT2D eigenvalue weighted by Gasteiger charge is -2.37.